The van der Waals surface area contributed by atoms with Gasteiger partial charge in [0.15, 0.2) is 5.75 Å². The van der Waals surface area contributed by atoms with Gasteiger partial charge in [-0.3, -0.25) is 0 Å². The minimum atomic E-state index is -3.38. The van der Waals surface area contributed by atoms with Gasteiger partial charge in [-0.1, -0.05) is 20.8 Å². The van der Waals surface area contributed by atoms with Gasteiger partial charge in [0.2, 0.25) is 10.0 Å². The summed E-state index contributed by atoms with van der Waals surface area (Å²) >= 11 is 0. The monoisotopic (exact) mass is 261 g/mol. The minimum Gasteiger partial charge on any atom is -0.304 e. The lowest BCUT2D eigenvalue weighted by molar-refractivity contribution is 0.285. The second kappa shape index (κ2) is 8.45. The molecule has 5 nitrogen and oxygen atoms in total. The first kappa shape index (κ1) is 16.4. The summed E-state index contributed by atoms with van der Waals surface area (Å²) in [5.74, 6) is -0.424. The van der Waals surface area contributed by atoms with E-state index in [2.05, 4.69) is 18.7 Å². The molecular weight excluding hydrogens is 238 g/mol. The highest BCUT2D eigenvalue weighted by molar-refractivity contribution is 7.89. The summed E-state index contributed by atoms with van der Waals surface area (Å²) in [7, 11) is -3.38. The molecule has 0 fully saturated rings. The first-order valence-electron chi connectivity index (χ1n) is 6.08. The zero-order valence-corrected chi connectivity index (χ0v) is 11.8. The third kappa shape index (κ3) is 6.01. The van der Waals surface area contributed by atoms with Crippen molar-refractivity contribution in [1.82, 2.24) is 9.21 Å². The molecule has 0 spiro atoms. The molecule has 17 heavy (non-hydrogen) atoms. The average Bonchev–Trinajstić information content (AvgIpc) is 2.29. The summed E-state index contributed by atoms with van der Waals surface area (Å²) < 4.78 is 24.7. The lowest BCUT2D eigenvalue weighted by Crippen LogP contribution is -2.35. The normalized spacial score (nSPS) is 12.0. The van der Waals surface area contributed by atoms with E-state index in [1.54, 1.807) is 13.0 Å². The number of hydrogen-bond acceptors (Lipinski definition) is 4. The van der Waals surface area contributed by atoms with Crippen molar-refractivity contribution >= 4 is 10.0 Å². The van der Waals surface area contributed by atoms with E-state index >= 15 is 0 Å². The first-order valence-corrected chi connectivity index (χ1v) is 7.69. The number of hydrogen-bond donors (Lipinski definition) is 0. The van der Waals surface area contributed by atoms with Crippen LogP contribution in [-0.4, -0.2) is 56.1 Å². The van der Waals surface area contributed by atoms with Gasteiger partial charge in [-0.2, -0.15) is 5.26 Å². The summed E-state index contributed by atoms with van der Waals surface area (Å²) in [6.45, 7) is 9.76. The van der Waals surface area contributed by atoms with Gasteiger partial charge in [-0.25, -0.2) is 12.7 Å². The molecule has 100 valence electrons. The molecule has 0 radical (unpaired) electrons. The van der Waals surface area contributed by atoms with Gasteiger partial charge in [-0.15, -0.1) is 0 Å². The zero-order chi connectivity index (χ0) is 13.3. The SMILES string of the molecule is CCN(CC)CCCN(CC)S(=O)(=O)CC#N. The average molecular weight is 261 g/mol. The van der Waals surface area contributed by atoms with E-state index in [9.17, 15) is 8.42 Å². The quantitative estimate of drug-likeness (QED) is 0.618. The van der Waals surface area contributed by atoms with E-state index in [0.29, 0.717) is 13.1 Å². The van der Waals surface area contributed by atoms with E-state index in [4.69, 9.17) is 5.26 Å². The molecule has 0 amide bonds. The van der Waals surface area contributed by atoms with Crippen molar-refractivity contribution in [3.05, 3.63) is 0 Å². The number of nitriles is 1. The molecule has 0 bridgehead atoms. The van der Waals surface area contributed by atoms with Crippen molar-refractivity contribution < 1.29 is 8.42 Å². The van der Waals surface area contributed by atoms with Crippen LogP contribution in [-0.2, 0) is 10.0 Å². The molecule has 0 aliphatic rings. The molecule has 0 saturated heterocycles. The van der Waals surface area contributed by atoms with E-state index in [1.165, 1.54) is 4.31 Å². The summed E-state index contributed by atoms with van der Waals surface area (Å²) in [5, 5.41) is 8.47. The Morgan fingerprint density at radius 1 is 1.06 bits per heavy atom. The third-order valence-corrected chi connectivity index (χ3v) is 4.49. The molecule has 0 aromatic rings. The van der Waals surface area contributed by atoms with E-state index in [-0.39, 0.29) is 0 Å². The lowest BCUT2D eigenvalue weighted by atomic mass is 10.3. The maximum atomic E-state index is 11.7. The van der Waals surface area contributed by atoms with Crippen molar-refractivity contribution in [3.63, 3.8) is 0 Å². The maximum Gasteiger partial charge on any atom is 0.227 e. The summed E-state index contributed by atoms with van der Waals surface area (Å²) in [6.07, 6.45) is 0.806. The van der Waals surface area contributed by atoms with Crippen LogP contribution in [0.1, 0.15) is 27.2 Å². The Hall–Kier alpha value is -0.640. The van der Waals surface area contributed by atoms with Crippen LogP contribution < -0.4 is 0 Å². The molecule has 0 N–H and O–H groups in total. The van der Waals surface area contributed by atoms with Crippen LogP contribution in [0, 0.1) is 11.3 Å². The van der Waals surface area contributed by atoms with Crippen LogP contribution in [0.2, 0.25) is 0 Å². The molecule has 0 unspecified atom stereocenters. The Morgan fingerprint density at radius 2 is 1.65 bits per heavy atom. The fourth-order valence-electron chi connectivity index (χ4n) is 1.68. The van der Waals surface area contributed by atoms with E-state index in [1.807, 2.05) is 0 Å². The van der Waals surface area contributed by atoms with Crippen LogP contribution in [0.4, 0.5) is 0 Å². The predicted octanol–water partition coefficient (Wildman–Crippen LogP) is 0.894. The summed E-state index contributed by atoms with van der Waals surface area (Å²) in [6, 6.07) is 1.70. The van der Waals surface area contributed by atoms with Crippen LogP contribution >= 0.6 is 0 Å². The maximum absolute atomic E-state index is 11.7. The molecule has 6 heteroatoms. The minimum absolute atomic E-state index is 0.424. The fourth-order valence-corrected chi connectivity index (χ4v) is 2.82. The molecular formula is C11H23N3O2S. The van der Waals surface area contributed by atoms with Crippen LogP contribution in [0.3, 0.4) is 0 Å². The molecule has 0 aliphatic heterocycles. The highest BCUT2D eigenvalue weighted by Gasteiger charge is 2.19. The van der Waals surface area contributed by atoms with Crippen molar-refractivity contribution in [2.75, 3.05) is 38.5 Å². The molecule has 0 saturated carbocycles. The highest BCUT2D eigenvalue weighted by atomic mass is 32.2. The summed E-state index contributed by atoms with van der Waals surface area (Å²) in [4.78, 5) is 2.25. The largest absolute Gasteiger partial charge is 0.304 e. The highest BCUT2D eigenvalue weighted by Crippen LogP contribution is 2.03. The molecule has 0 atom stereocenters. The predicted molar refractivity (Wildman–Crippen MR) is 69.1 cm³/mol. The second-order valence-electron chi connectivity index (χ2n) is 3.79. The van der Waals surface area contributed by atoms with Crippen molar-refractivity contribution in [2.24, 2.45) is 0 Å². The number of rotatable bonds is 9. The van der Waals surface area contributed by atoms with E-state index < -0.39 is 15.8 Å². The lowest BCUT2D eigenvalue weighted by Gasteiger charge is -2.22. The molecule has 0 aromatic carbocycles. The van der Waals surface area contributed by atoms with Crippen molar-refractivity contribution in [3.8, 4) is 6.07 Å². The van der Waals surface area contributed by atoms with Gasteiger partial charge in [0.1, 0.15) is 0 Å². The van der Waals surface area contributed by atoms with Gasteiger partial charge >= 0.3 is 0 Å². The van der Waals surface area contributed by atoms with Gasteiger partial charge in [-0.05, 0) is 26.1 Å². The summed E-state index contributed by atoms with van der Waals surface area (Å²) in [5.41, 5.74) is 0. The molecule has 0 heterocycles. The van der Waals surface area contributed by atoms with Gasteiger partial charge in [0, 0.05) is 13.1 Å². The van der Waals surface area contributed by atoms with Crippen LogP contribution in [0.5, 0.6) is 0 Å². The van der Waals surface area contributed by atoms with Gasteiger partial charge < -0.3 is 4.90 Å². The van der Waals surface area contributed by atoms with Crippen molar-refractivity contribution in [1.29, 1.82) is 5.26 Å². The van der Waals surface area contributed by atoms with Gasteiger partial charge in [0.25, 0.3) is 0 Å². The topological polar surface area (TPSA) is 64.4 Å². The Bertz CT molecular complexity index is 331. The Labute approximate surface area is 105 Å². The van der Waals surface area contributed by atoms with Crippen LogP contribution in [0.15, 0.2) is 0 Å². The molecule has 0 aromatic heterocycles. The number of nitrogens with zero attached hydrogens (tertiary/aromatic N) is 3. The van der Waals surface area contributed by atoms with E-state index in [0.717, 1.165) is 26.1 Å². The second-order valence-corrected chi connectivity index (χ2v) is 5.76. The smallest absolute Gasteiger partial charge is 0.227 e. The Balaban J connectivity index is 4.21. The van der Waals surface area contributed by atoms with Crippen molar-refractivity contribution in [2.45, 2.75) is 27.2 Å². The molecule has 0 aliphatic carbocycles. The number of sulfonamides is 1. The molecule has 0 rings (SSSR count). The standard InChI is InChI=1S/C11H23N3O2S/c1-4-13(5-2)9-7-10-14(6-3)17(15,16)11-8-12/h4-7,9-11H2,1-3H3. The fraction of sp³-hybridized carbons (Fsp3) is 0.909. The Morgan fingerprint density at radius 3 is 2.06 bits per heavy atom. The zero-order valence-electron chi connectivity index (χ0n) is 11.0. The first-order chi connectivity index (χ1) is 8.01. The van der Waals surface area contributed by atoms with Crippen LogP contribution in [0.25, 0.3) is 0 Å². The Kier molecular flexibility index (Phi) is 8.13. The van der Waals surface area contributed by atoms with Gasteiger partial charge in [0.05, 0.1) is 6.07 Å². The third-order valence-electron chi connectivity index (χ3n) is 2.77.